The first-order valence-electron chi connectivity index (χ1n) is 6.65. The highest BCUT2D eigenvalue weighted by Crippen LogP contribution is 2.46. The molecule has 112 valence electrons. The monoisotopic (exact) mass is 335 g/mol. The minimum absolute atomic E-state index is 0.0779. The zero-order chi connectivity index (χ0) is 15.2. The number of sulfone groups is 1. The molecule has 0 saturated carbocycles. The molecule has 1 aromatic rings. The predicted octanol–water partition coefficient (Wildman–Crippen LogP) is 3.84. The maximum Gasteiger partial charge on any atom is 0.183 e. The molecule has 0 saturated heterocycles. The average molecular weight is 336 g/mol. The van der Waals surface area contributed by atoms with Gasteiger partial charge in [0.1, 0.15) is 0 Å². The molecule has 2 rings (SSSR count). The molecular formula is C14H19Cl2NO2S. The standard InChI is InChI=1S/C14H19Cl2NO2S/c1-7(2)17-13-8(3)9(4)20(18,19)14-11(16)6-5-10(15)12(13)14/h5-9,13,17H,1-4H3. The van der Waals surface area contributed by atoms with Gasteiger partial charge in [0.15, 0.2) is 9.84 Å². The van der Waals surface area contributed by atoms with E-state index in [0.717, 1.165) is 0 Å². The Hall–Kier alpha value is -0.290. The molecule has 0 aliphatic carbocycles. The van der Waals surface area contributed by atoms with Crippen molar-refractivity contribution in [2.45, 2.75) is 49.9 Å². The molecule has 1 aromatic carbocycles. The van der Waals surface area contributed by atoms with Crippen molar-refractivity contribution in [3.8, 4) is 0 Å². The van der Waals surface area contributed by atoms with Crippen LogP contribution in [-0.2, 0) is 9.84 Å². The van der Waals surface area contributed by atoms with Gasteiger partial charge in [0.05, 0.1) is 15.2 Å². The van der Waals surface area contributed by atoms with Crippen LogP contribution in [0.1, 0.15) is 39.3 Å². The zero-order valence-corrected chi connectivity index (χ0v) is 14.3. The van der Waals surface area contributed by atoms with Crippen LogP contribution in [0.2, 0.25) is 10.0 Å². The van der Waals surface area contributed by atoms with Crippen LogP contribution in [0, 0.1) is 5.92 Å². The van der Waals surface area contributed by atoms with Gasteiger partial charge in [-0.3, -0.25) is 0 Å². The molecule has 0 bridgehead atoms. The van der Waals surface area contributed by atoms with E-state index in [2.05, 4.69) is 5.32 Å². The van der Waals surface area contributed by atoms with E-state index in [0.29, 0.717) is 10.6 Å². The Morgan fingerprint density at radius 1 is 1.15 bits per heavy atom. The summed E-state index contributed by atoms with van der Waals surface area (Å²) in [7, 11) is -3.45. The fraction of sp³-hybridized carbons (Fsp3) is 0.571. The van der Waals surface area contributed by atoms with Crippen LogP contribution in [0.25, 0.3) is 0 Å². The van der Waals surface area contributed by atoms with E-state index < -0.39 is 15.1 Å². The van der Waals surface area contributed by atoms with Crippen molar-refractivity contribution in [1.82, 2.24) is 5.32 Å². The number of hydrogen-bond donors (Lipinski definition) is 1. The van der Waals surface area contributed by atoms with E-state index in [1.165, 1.54) is 0 Å². The summed E-state index contributed by atoms with van der Waals surface area (Å²) in [6.07, 6.45) is 0. The molecule has 20 heavy (non-hydrogen) atoms. The fourth-order valence-electron chi connectivity index (χ4n) is 2.72. The lowest BCUT2D eigenvalue weighted by atomic mass is 9.90. The van der Waals surface area contributed by atoms with Crippen molar-refractivity contribution < 1.29 is 8.42 Å². The van der Waals surface area contributed by atoms with Crippen LogP contribution in [0.4, 0.5) is 0 Å². The number of hydrogen-bond acceptors (Lipinski definition) is 3. The Labute approximate surface area is 130 Å². The first-order chi connectivity index (χ1) is 9.17. The van der Waals surface area contributed by atoms with Crippen LogP contribution in [0.3, 0.4) is 0 Å². The van der Waals surface area contributed by atoms with E-state index in [1.54, 1.807) is 19.1 Å². The van der Waals surface area contributed by atoms with E-state index in [-0.39, 0.29) is 27.9 Å². The summed E-state index contributed by atoms with van der Waals surface area (Å²) >= 11 is 12.4. The molecule has 0 fully saturated rings. The summed E-state index contributed by atoms with van der Waals surface area (Å²) in [5.74, 6) is -0.0779. The maximum absolute atomic E-state index is 12.6. The largest absolute Gasteiger partial charge is 0.307 e. The molecular weight excluding hydrogens is 317 g/mol. The van der Waals surface area contributed by atoms with E-state index >= 15 is 0 Å². The SMILES string of the molecule is CC(C)NC1c2c(Cl)ccc(Cl)c2S(=O)(=O)C(C)C1C. The lowest BCUT2D eigenvalue weighted by Gasteiger charge is -2.38. The molecule has 0 radical (unpaired) electrons. The van der Waals surface area contributed by atoms with Crippen LogP contribution >= 0.6 is 23.2 Å². The van der Waals surface area contributed by atoms with Gasteiger partial charge < -0.3 is 5.32 Å². The normalized spacial score (nSPS) is 28.4. The quantitative estimate of drug-likeness (QED) is 0.892. The highest BCUT2D eigenvalue weighted by Gasteiger charge is 2.44. The minimum atomic E-state index is -3.45. The second-order valence-electron chi connectivity index (χ2n) is 5.68. The van der Waals surface area contributed by atoms with Crippen molar-refractivity contribution >= 4 is 33.0 Å². The molecule has 1 N–H and O–H groups in total. The second kappa shape index (κ2) is 5.48. The summed E-state index contributed by atoms with van der Waals surface area (Å²) < 4.78 is 25.3. The second-order valence-corrected chi connectivity index (χ2v) is 8.74. The molecule has 1 aliphatic heterocycles. The lowest BCUT2D eigenvalue weighted by molar-refractivity contribution is 0.337. The predicted molar refractivity (Wildman–Crippen MR) is 83.3 cm³/mol. The maximum atomic E-state index is 12.6. The number of nitrogens with one attached hydrogen (secondary N) is 1. The number of rotatable bonds is 2. The van der Waals surface area contributed by atoms with E-state index in [4.69, 9.17) is 23.2 Å². The van der Waals surface area contributed by atoms with Gasteiger partial charge in [-0.1, -0.05) is 44.0 Å². The highest BCUT2D eigenvalue weighted by molar-refractivity contribution is 7.92. The van der Waals surface area contributed by atoms with Crippen molar-refractivity contribution in [2.75, 3.05) is 0 Å². The third-order valence-electron chi connectivity index (χ3n) is 3.96. The van der Waals surface area contributed by atoms with Gasteiger partial charge in [-0.25, -0.2) is 8.42 Å². The molecule has 1 heterocycles. The molecule has 6 heteroatoms. The summed E-state index contributed by atoms with van der Waals surface area (Å²) in [6.45, 7) is 7.72. The topological polar surface area (TPSA) is 46.2 Å². The Balaban J connectivity index is 2.75. The fourth-order valence-corrected chi connectivity index (χ4v) is 5.52. The van der Waals surface area contributed by atoms with Gasteiger partial charge in [-0.2, -0.15) is 0 Å². The summed E-state index contributed by atoms with van der Waals surface area (Å²) in [4.78, 5) is 0.190. The molecule has 0 spiro atoms. The number of benzene rings is 1. The Morgan fingerprint density at radius 2 is 1.70 bits per heavy atom. The molecule has 3 nitrogen and oxygen atoms in total. The molecule has 1 aliphatic rings. The summed E-state index contributed by atoms with van der Waals surface area (Å²) in [5.41, 5.74) is 0.610. The van der Waals surface area contributed by atoms with Gasteiger partial charge in [-0.05, 0) is 25.0 Å². The Bertz CT molecular complexity index is 628. The van der Waals surface area contributed by atoms with Gasteiger partial charge in [0.2, 0.25) is 0 Å². The third-order valence-corrected chi connectivity index (χ3v) is 7.13. The highest BCUT2D eigenvalue weighted by atomic mass is 35.5. The van der Waals surface area contributed by atoms with Gasteiger partial charge in [-0.15, -0.1) is 0 Å². The lowest BCUT2D eigenvalue weighted by Crippen LogP contribution is -2.43. The van der Waals surface area contributed by atoms with Crippen LogP contribution in [-0.4, -0.2) is 19.7 Å². The van der Waals surface area contributed by atoms with E-state index in [1.807, 2.05) is 20.8 Å². The number of halogens is 2. The Morgan fingerprint density at radius 3 is 2.25 bits per heavy atom. The van der Waals surface area contributed by atoms with Crippen molar-refractivity contribution in [3.05, 3.63) is 27.7 Å². The van der Waals surface area contributed by atoms with Crippen molar-refractivity contribution in [1.29, 1.82) is 0 Å². The summed E-state index contributed by atoms with van der Waals surface area (Å²) in [6, 6.07) is 3.32. The van der Waals surface area contributed by atoms with E-state index in [9.17, 15) is 8.42 Å². The molecule has 3 atom stereocenters. The first kappa shape index (κ1) is 16.1. The van der Waals surface area contributed by atoms with Crippen LogP contribution < -0.4 is 5.32 Å². The van der Waals surface area contributed by atoms with Gasteiger partial charge in [0.25, 0.3) is 0 Å². The molecule has 0 aromatic heterocycles. The van der Waals surface area contributed by atoms with Gasteiger partial charge in [0, 0.05) is 22.7 Å². The van der Waals surface area contributed by atoms with Crippen LogP contribution in [0.15, 0.2) is 17.0 Å². The zero-order valence-electron chi connectivity index (χ0n) is 11.9. The van der Waals surface area contributed by atoms with Crippen molar-refractivity contribution in [2.24, 2.45) is 5.92 Å². The molecule has 0 amide bonds. The molecule has 3 unspecified atom stereocenters. The minimum Gasteiger partial charge on any atom is -0.307 e. The van der Waals surface area contributed by atoms with Crippen LogP contribution in [0.5, 0.6) is 0 Å². The number of fused-ring (bicyclic) bond motifs is 1. The summed E-state index contributed by atoms with van der Waals surface area (Å²) in [5, 5.41) is 3.62. The van der Waals surface area contributed by atoms with Gasteiger partial charge >= 0.3 is 0 Å². The van der Waals surface area contributed by atoms with Crippen molar-refractivity contribution in [3.63, 3.8) is 0 Å². The Kier molecular flexibility index (Phi) is 4.41. The smallest absolute Gasteiger partial charge is 0.183 e. The third kappa shape index (κ3) is 2.47. The first-order valence-corrected chi connectivity index (χ1v) is 8.96. The average Bonchev–Trinajstić information content (AvgIpc) is 2.35.